The third-order valence-corrected chi connectivity index (χ3v) is 2.26. The van der Waals surface area contributed by atoms with Gasteiger partial charge < -0.3 is 4.74 Å². The summed E-state index contributed by atoms with van der Waals surface area (Å²) in [6, 6.07) is 0. The van der Waals surface area contributed by atoms with Crippen LogP contribution in [0.15, 0.2) is 23.3 Å². The zero-order chi connectivity index (χ0) is 10.6. The molecule has 1 rings (SSSR count). The molecule has 0 amide bonds. The predicted octanol–water partition coefficient (Wildman–Crippen LogP) is 1.61. The Morgan fingerprint density at radius 2 is 2.21 bits per heavy atom. The number of carbonyl (C=O) groups excluding carboxylic acids is 2. The molecule has 0 saturated heterocycles. The molecule has 4 heteroatoms. The molecule has 0 saturated carbocycles. The molecule has 1 aliphatic carbocycles. The summed E-state index contributed by atoms with van der Waals surface area (Å²) in [6.07, 6.45) is 4.24. The number of hydrogen-bond donors (Lipinski definition) is 0. The van der Waals surface area contributed by atoms with Gasteiger partial charge in [-0.1, -0.05) is 17.7 Å². The number of ketones is 1. The van der Waals surface area contributed by atoms with Crippen LogP contribution < -0.4 is 0 Å². The summed E-state index contributed by atoms with van der Waals surface area (Å²) in [6.45, 7) is 0. The summed E-state index contributed by atoms with van der Waals surface area (Å²) in [5.74, 6) is -0.377. The fraction of sp³-hybridized carbons (Fsp3) is 0.400. The first-order valence-corrected chi connectivity index (χ1v) is 4.75. The summed E-state index contributed by atoms with van der Waals surface area (Å²) >= 11 is 5.41. The first kappa shape index (κ1) is 11.0. The van der Waals surface area contributed by atoms with Gasteiger partial charge in [-0.25, -0.2) is 0 Å². The second-order valence-electron chi connectivity index (χ2n) is 3.00. The van der Waals surface area contributed by atoms with Gasteiger partial charge in [0.2, 0.25) is 0 Å². The van der Waals surface area contributed by atoms with Crippen LogP contribution >= 0.6 is 11.6 Å². The molecular weight excluding hydrogens is 204 g/mol. The van der Waals surface area contributed by atoms with E-state index < -0.39 is 0 Å². The van der Waals surface area contributed by atoms with Gasteiger partial charge in [-0.15, -0.1) is 11.6 Å². The fourth-order valence-electron chi connectivity index (χ4n) is 1.24. The molecule has 0 fully saturated rings. The Bertz CT molecular complexity index is 315. The van der Waals surface area contributed by atoms with Gasteiger partial charge in [0.25, 0.3) is 0 Å². The van der Waals surface area contributed by atoms with Crippen molar-refractivity contribution in [3.63, 3.8) is 0 Å². The Morgan fingerprint density at radius 3 is 2.79 bits per heavy atom. The topological polar surface area (TPSA) is 43.4 Å². The minimum atomic E-state index is -0.288. The van der Waals surface area contributed by atoms with Gasteiger partial charge in [0.05, 0.1) is 19.4 Å². The highest BCUT2D eigenvalue weighted by molar-refractivity contribution is 6.30. The van der Waals surface area contributed by atoms with Crippen molar-refractivity contribution >= 4 is 23.4 Å². The zero-order valence-electron chi connectivity index (χ0n) is 7.88. The molecule has 0 atom stereocenters. The number of Topliss-reactive ketones (excluding diaryl/α,β-unsaturated/α-hetero) is 1. The molecule has 76 valence electrons. The Hall–Kier alpha value is -1.09. The van der Waals surface area contributed by atoms with Crippen molar-refractivity contribution in [1.82, 2.24) is 0 Å². The van der Waals surface area contributed by atoms with Gasteiger partial charge in [-0.05, 0) is 6.42 Å². The lowest BCUT2D eigenvalue weighted by atomic mass is 10.1. The number of ether oxygens (including phenoxy) is 1. The minimum Gasteiger partial charge on any atom is -0.469 e. The average molecular weight is 215 g/mol. The van der Waals surface area contributed by atoms with Gasteiger partial charge in [0.1, 0.15) is 0 Å². The standard InChI is InChI=1S/C10H11ClO3/c1-14-10(13)5-7-2-3-8(4-7)9(12)6-11/h2-3H,4-6H2,1H3. The maximum Gasteiger partial charge on any atom is 0.309 e. The SMILES string of the molecule is COC(=O)CC1=CC=C(C(=O)CCl)C1. The molecule has 0 aromatic rings. The number of allylic oxidation sites excluding steroid dienone is 3. The monoisotopic (exact) mass is 214 g/mol. The van der Waals surface area contributed by atoms with E-state index in [0.29, 0.717) is 12.0 Å². The predicted molar refractivity (Wildman–Crippen MR) is 53.1 cm³/mol. The van der Waals surface area contributed by atoms with Crippen LogP contribution in [0.2, 0.25) is 0 Å². The Balaban J connectivity index is 2.45. The number of hydrogen-bond acceptors (Lipinski definition) is 3. The van der Waals surface area contributed by atoms with E-state index in [4.69, 9.17) is 11.6 Å². The van der Waals surface area contributed by atoms with Crippen LogP contribution in [0, 0.1) is 0 Å². The van der Waals surface area contributed by atoms with Crippen LogP contribution in [-0.4, -0.2) is 24.7 Å². The number of halogens is 1. The van der Waals surface area contributed by atoms with Crippen molar-refractivity contribution in [2.45, 2.75) is 12.8 Å². The Morgan fingerprint density at radius 1 is 1.50 bits per heavy atom. The Labute approximate surface area is 87.4 Å². The maximum atomic E-state index is 11.2. The molecule has 0 radical (unpaired) electrons. The van der Waals surface area contributed by atoms with E-state index in [1.165, 1.54) is 7.11 Å². The maximum absolute atomic E-state index is 11.2. The molecule has 14 heavy (non-hydrogen) atoms. The zero-order valence-corrected chi connectivity index (χ0v) is 8.63. The third kappa shape index (κ3) is 2.70. The molecule has 1 aliphatic rings. The van der Waals surface area contributed by atoms with Crippen molar-refractivity contribution in [3.8, 4) is 0 Å². The van der Waals surface area contributed by atoms with Crippen LogP contribution in [0.4, 0.5) is 0 Å². The summed E-state index contributed by atoms with van der Waals surface area (Å²) in [7, 11) is 1.34. The van der Waals surface area contributed by atoms with E-state index in [2.05, 4.69) is 4.74 Å². The molecule has 0 spiro atoms. The van der Waals surface area contributed by atoms with E-state index >= 15 is 0 Å². The number of esters is 1. The highest BCUT2D eigenvalue weighted by atomic mass is 35.5. The number of rotatable bonds is 4. The van der Waals surface area contributed by atoms with Gasteiger partial charge in [-0.3, -0.25) is 9.59 Å². The van der Waals surface area contributed by atoms with Crippen molar-refractivity contribution in [1.29, 1.82) is 0 Å². The lowest BCUT2D eigenvalue weighted by molar-refractivity contribution is -0.139. The van der Waals surface area contributed by atoms with Crippen LogP contribution in [0.3, 0.4) is 0 Å². The molecule has 0 N–H and O–H groups in total. The lowest BCUT2D eigenvalue weighted by Crippen LogP contribution is -2.05. The lowest BCUT2D eigenvalue weighted by Gasteiger charge is -2.01. The normalized spacial score (nSPS) is 14.7. The van der Waals surface area contributed by atoms with E-state index in [1.807, 2.05) is 0 Å². The van der Waals surface area contributed by atoms with Crippen molar-refractivity contribution in [2.24, 2.45) is 0 Å². The molecule has 0 unspecified atom stereocenters. The summed E-state index contributed by atoms with van der Waals surface area (Å²) in [4.78, 5) is 22.1. The van der Waals surface area contributed by atoms with Crippen LogP contribution in [-0.2, 0) is 14.3 Å². The second-order valence-corrected chi connectivity index (χ2v) is 3.27. The first-order valence-electron chi connectivity index (χ1n) is 4.22. The van der Waals surface area contributed by atoms with Crippen LogP contribution in [0.25, 0.3) is 0 Å². The Kier molecular flexibility index (Phi) is 3.89. The molecule has 3 nitrogen and oxygen atoms in total. The second kappa shape index (κ2) is 4.96. The van der Waals surface area contributed by atoms with E-state index in [9.17, 15) is 9.59 Å². The smallest absolute Gasteiger partial charge is 0.309 e. The van der Waals surface area contributed by atoms with Crippen molar-refractivity contribution in [2.75, 3.05) is 13.0 Å². The molecule has 0 bridgehead atoms. The molecule has 0 aromatic heterocycles. The number of alkyl halides is 1. The molecule has 0 aromatic carbocycles. The largest absolute Gasteiger partial charge is 0.469 e. The van der Waals surface area contributed by atoms with E-state index in [0.717, 1.165) is 5.57 Å². The molecular formula is C10H11ClO3. The highest BCUT2D eigenvalue weighted by Gasteiger charge is 2.16. The van der Waals surface area contributed by atoms with Gasteiger partial charge in [0.15, 0.2) is 5.78 Å². The van der Waals surface area contributed by atoms with E-state index in [-0.39, 0.29) is 24.1 Å². The quantitative estimate of drug-likeness (QED) is 0.528. The first-order chi connectivity index (χ1) is 6.67. The molecule has 0 heterocycles. The summed E-state index contributed by atoms with van der Waals surface area (Å²) in [5.41, 5.74) is 1.56. The molecule has 0 aliphatic heterocycles. The van der Waals surface area contributed by atoms with E-state index in [1.54, 1.807) is 12.2 Å². The highest BCUT2D eigenvalue weighted by Crippen LogP contribution is 2.22. The van der Waals surface area contributed by atoms with Gasteiger partial charge in [-0.2, -0.15) is 0 Å². The summed E-state index contributed by atoms with van der Waals surface area (Å²) in [5, 5.41) is 0. The van der Waals surface area contributed by atoms with Gasteiger partial charge >= 0.3 is 5.97 Å². The number of methoxy groups -OCH3 is 1. The fourth-order valence-corrected chi connectivity index (χ4v) is 1.41. The van der Waals surface area contributed by atoms with Crippen LogP contribution in [0.5, 0.6) is 0 Å². The number of carbonyl (C=O) groups is 2. The van der Waals surface area contributed by atoms with Gasteiger partial charge in [0, 0.05) is 5.57 Å². The van der Waals surface area contributed by atoms with Crippen molar-refractivity contribution < 1.29 is 14.3 Å². The van der Waals surface area contributed by atoms with Crippen LogP contribution in [0.1, 0.15) is 12.8 Å². The minimum absolute atomic E-state index is 0.00875. The van der Waals surface area contributed by atoms with Crippen molar-refractivity contribution in [3.05, 3.63) is 23.3 Å². The summed E-state index contributed by atoms with van der Waals surface area (Å²) < 4.78 is 4.52. The third-order valence-electron chi connectivity index (χ3n) is 2.02. The average Bonchev–Trinajstić information content (AvgIpc) is 2.65.